The van der Waals surface area contributed by atoms with Crippen LogP contribution in [-0.2, 0) is 4.74 Å². The maximum Gasteiger partial charge on any atom is 0.344 e. The molecule has 2 rings (SSSR count). The van der Waals surface area contributed by atoms with Crippen molar-refractivity contribution in [3.63, 3.8) is 0 Å². The number of carbonyl (C=O) groups is 2. The van der Waals surface area contributed by atoms with E-state index in [1.165, 1.54) is 30.3 Å². The third-order valence-corrected chi connectivity index (χ3v) is 3.77. The molecule has 0 bridgehead atoms. The van der Waals surface area contributed by atoms with Gasteiger partial charge in [-0.2, -0.15) is 0 Å². The highest BCUT2D eigenvalue weighted by Crippen LogP contribution is 2.23. The molecule has 0 unspecified atom stereocenters. The topological polar surface area (TPSA) is 111 Å². The van der Waals surface area contributed by atoms with Crippen LogP contribution < -0.4 is 10.6 Å². The van der Waals surface area contributed by atoms with E-state index in [1.807, 2.05) is 0 Å². The van der Waals surface area contributed by atoms with Crippen LogP contribution >= 0.6 is 0 Å². The van der Waals surface area contributed by atoms with Gasteiger partial charge in [0, 0.05) is 30.4 Å². The lowest BCUT2D eigenvalue weighted by molar-refractivity contribution is -0.385. The number of hydrogen-bond acceptors (Lipinski definition) is 6. The lowest BCUT2D eigenvalue weighted by Crippen LogP contribution is -2.28. The number of ether oxygens (including phenoxy) is 1. The summed E-state index contributed by atoms with van der Waals surface area (Å²) in [5.74, 6) is -1.70. The van der Waals surface area contributed by atoms with E-state index >= 15 is 0 Å². The molecule has 2 aromatic carbocycles. The lowest BCUT2D eigenvalue weighted by Gasteiger charge is -2.10. The van der Waals surface area contributed by atoms with Gasteiger partial charge >= 0.3 is 5.97 Å². The van der Waals surface area contributed by atoms with Gasteiger partial charge in [-0.15, -0.1) is 0 Å². The van der Waals surface area contributed by atoms with E-state index < -0.39 is 22.6 Å². The number of esters is 1. The van der Waals surface area contributed by atoms with Gasteiger partial charge in [-0.1, -0.05) is 6.07 Å². The monoisotopic (exact) mass is 375 g/mol. The number of hydrogen-bond donors (Lipinski definition) is 2. The summed E-state index contributed by atoms with van der Waals surface area (Å²) in [5, 5.41) is 16.5. The van der Waals surface area contributed by atoms with Crippen molar-refractivity contribution >= 4 is 23.3 Å². The minimum Gasteiger partial charge on any atom is -0.465 e. The van der Waals surface area contributed by atoms with Gasteiger partial charge in [0.05, 0.1) is 12.0 Å². The molecule has 8 nitrogen and oxygen atoms in total. The van der Waals surface area contributed by atoms with Crippen molar-refractivity contribution in [2.75, 3.05) is 25.5 Å². The molecule has 0 saturated heterocycles. The van der Waals surface area contributed by atoms with Crippen LogP contribution in [0.25, 0.3) is 0 Å². The molecule has 0 radical (unpaired) electrons. The SMILES string of the molecule is COC(=O)c1cc(NCCNC(=O)c2ccc(C)c(F)c2)ccc1[N+](=O)[O-]. The molecular formula is C18H18FN3O5. The minimum absolute atomic E-state index is 0.174. The Hall–Kier alpha value is -3.49. The molecule has 0 spiro atoms. The predicted molar refractivity (Wildman–Crippen MR) is 96.4 cm³/mol. The molecule has 27 heavy (non-hydrogen) atoms. The Labute approximate surface area is 154 Å². The molecule has 0 saturated carbocycles. The van der Waals surface area contributed by atoms with Gasteiger partial charge in [-0.3, -0.25) is 14.9 Å². The van der Waals surface area contributed by atoms with Gasteiger partial charge in [-0.25, -0.2) is 9.18 Å². The maximum atomic E-state index is 13.5. The normalized spacial score (nSPS) is 10.2. The number of aryl methyl sites for hydroxylation is 1. The molecule has 1 amide bonds. The third kappa shape index (κ3) is 5.00. The molecule has 0 aliphatic rings. The first kappa shape index (κ1) is 19.8. The van der Waals surface area contributed by atoms with Crippen molar-refractivity contribution < 1.29 is 23.6 Å². The molecule has 9 heteroatoms. The van der Waals surface area contributed by atoms with E-state index in [-0.39, 0.29) is 23.4 Å². The van der Waals surface area contributed by atoms with Gasteiger partial charge in [0.15, 0.2) is 0 Å². The Bertz CT molecular complexity index is 885. The highest BCUT2D eigenvalue weighted by molar-refractivity contribution is 5.95. The van der Waals surface area contributed by atoms with Crippen LogP contribution in [0.3, 0.4) is 0 Å². The summed E-state index contributed by atoms with van der Waals surface area (Å²) < 4.78 is 18.0. The number of methoxy groups -OCH3 is 1. The number of halogens is 1. The van der Waals surface area contributed by atoms with Gasteiger partial charge in [0.2, 0.25) is 0 Å². The highest BCUT2D eigenvalue weighted by atomic mass is 19.1. The maximum absolute atomic E-state index is 13.5. The zero-order valence-electron chi connectivity index (χ0n) is 14.7. The molecule has 0 fully saturated rings. The molecule has 0 heterocycles. The second-order valence-electron chi connectivity index (χ2n) is 5.63. The summed E-state index contributed by atoms with van der Waals surface area (Å²) in [7, 11) is 1.13. The lowest BCUT2D eigenvalue weighted by atomic mass is 10.1. The quantitative estimate of drug-likeness (QED) is 0.333. The summed E-state index contributed by atoms with van der Waals surface area (Å²) in [4.78, 5) is 34.0. The first-order chi connectivity index (χ1) is 12.8. The average molecular weight is 375 g/mol. The second kappa shape index (κ2) is 8.75. The number of nitrogens with zero attached hydrogens (tertiary/aromatic N) is 1. The van der Waals surface area contributed by atoms with Crippen LogP contribution in [0.5, 0.6) is 0 Å². The summed E-state index contributed by atoms with van der Waals surface area (Å²) in [6.07, 6.45) is 0. The van der Waals surface area contributed by atoms with Crippen molar-refractivity contribution in [3.05, 3.63) is 69.0 Å². The van der Waals surface area contributed by atoms with E-state index in [0.29, 0.717) is 17.8 Å². The Morgan fingerprint density at radius 1 is 1.19 bits per heavy atom. The van der Waals surface area contributed by atoms with Crippen LogP contribution in [-0.4, -0.2) is 37.0 Å². The summed E-state index contributed by atoms with van der Waals surface area (Å²) >= 11 is 0. The molecule has 0 aliphatic carbocycles. The first-order valence-corrected chi connectivity index (χ1v) is 7.98. The van der Waals surface area contributed by atoms with E-state index in [2.05, 4.69) is 15.4 Å². The standard InChI is InChI=1S/C18H18FN3O5/c1-11-3-4-12(9-15(11)19)17(23)21-8-7-20-13-5-6-16(22(25)26)14(10-13)18(24)27-2/h3-6,9-10,20H,7-8H2,1-2H3,(H,21,23). The number of carbonyl (C=O) groups excluding carboxylic acids is 2. The van der Waals surface area contributed by atoms with Gasteiger partial charge < -0.3 is 15.4 Å². The Morgan fingerprint density at radius 2 is 1.93 bits per heavy atom. The Kier molecular flexibility index (Phi) is 6.42. The van der Waals surface area contributed by atoms with E-state index in [9.17, 15) is 24.1 Å². The molecule has 0 aromatic heterocycles. The van der Waals surface area contributed by atoms with Crippen LogP contribution in [0.15, 0.2) is 36.4 Å². The summed E-state index contributed by atoms with van der Waals surface area (Å²) in [5.41, 5.74) is 0.583. The van der Waals surface area contributed by atoms with Gasteiger partial charge in [-0.05, 0) is 36.8 Å². The van der Waals surface area contributed by atoms with E-state index in [0.717, 1.165) is 13.2 Å². The largest absolute Gasteiger partial charge is 0.465 e. The molecular weight excluding hydrogens is 357 g/mol. The summed E-state index contributed by atoms with van der Waals surface area (Å²) in [6.45, 7) is 2.12. The molecule has 142 valence electrons. The number of nitro groups is 1. The number of anilines is 1. The number of nitrogens with one attached hydrogen (secondary N) is 2. The average Bonchev–Trinajstić information content (AvgIpc) is 2.66. The Balaban J connectivity index is 1.95. The number of benzene rings is 2. The fourth-order valence-corrected chi connectivity index (χ4v) is 2.30. The van der Waals surface area contributed by atoms with Crippen LogP contribution in [0, 0.1) is 22.9 Å². The van der Waals surface area contributed by atoms with Crippen molar-refractivity contribution in [1.29, 1.82) is 0 Å². The zero-order valence-corrected chi connectivity index (χ0v) is 14.7. The Morgan fingerprint density at radius 3 is 2.56 bits per heavy atom. The van der Waals surface area contributed by atoms with Crippen LogP contribution in [0.1, 0.15) is 26.3 Å². The smallest absolute Gasteiger partial charge is 0.344 e. The van der Waals surface area contributed by atoms with E-state index in [4.69, 9.17) is 0 Å². The number of amides is 1. The van der Waals surface area contributed by atoms with Crippen LogP contribution in [0.4, 0.5) is 15.8 Å². The number of rotatable bonds is 7. The first-order valence-electron chi connectivity index (χ1n) is 7.98. The fourth-order valence-electron chi connectivity index (χ4n) is 2.30. The van der Waals surface area contributed by atoms with Crippen molar-refractivity contribution in [2.45, 2.75) is 6.92 Å². The van der Waals surface area contributed by atoms with Crippen molar-refractivity contribution in [2.24, 2.45) is 0 Å². The molecule has 0 atom stereocenters. The zero-order chi connectivity index (χ0) is 20.0. The molecule has 2 aromatic rings. The fraction of sp³-hybridized carbons (Fsp3) is 0.222. The minimum atomic E-state index is -0.819. The second-order valence-corrected chi connectivity index (χ2v) is 5.63. The van der Waals surface area contributed by atoms with Gasteiger partial charge in [0.1, 0.15) is 11.4 Å². The van der Waals surface area contributed by atoms with Crippen molar-refractivity contribution in [1.82, 2.24) is 5.32 Å². The van der Waals surface area contributed by atoms with Crippen LogP contribution in [0.2, 0.25) is 0 Å². The third-order valence-electron chi connectivity index (χ3n) is 3.77. The van der Waals surface area contributed by atoms with Gasteiger partial charge in [0.25, 0.3) is 11.6 Å². The van der Waals surface area contributed by atoms with Crippen molar-refractivity contribution in [3.8, 4) is 0 Å². The molecule has 0 aliphatic heterocycles. The van der Waals surface area contributed by atoms with E-state index in [1.54, 1.807) is 6.92 Å². The highest BCUT2D eigenvalue weighted by Gasteiger charge is 2.21. The predicted octanol–water partition coefficient (Wildman–Crippen LogP) is 2.67. The molecule has 2 N–H and O–H groups in total. The summed E-state index contributed by atoms with van der Waals surface area (Å²) in [6, 6.07) is 8.16. The number of nitro benzene ring substituents is 1.